The third-order valence-corrected chi connectivity index (χ3v) is 2.80. The second-order valence-corrected chi connectivity index (χ2v) is 4.06. The lowest BCUT2D eigenvalue weighted by atomic mass is 10.1. The van der Waals surface area contributed by atoms with E-state index in [9.17, 15) is 14.3 Å². The maximum atomic E-state index is 13.2. The molecule has 1 heterocycles. The summed E-state index contributed by atoms with van der Waals surface area (Å²) in [6, 6.07) is 5.47. The van der Waals surface area contributed by atoms with Crippen molar-refractivity contribution in [1.82, 2.24) is 9.55 Å². The zero-order valence-corrected chi connectivity index (χ0v) is 10.2. The van der Waals surface area contributed by atoms with Crippen LogP contribution in [0.4, 0.5) is 4.39 Å². The van der Waals surface area contributed by atoms with Crippen LogP contribution in [0, 0.1) is 17.1 Å². The van der Waals surface area contributed by atoms with Crippen LogP contribution in [0.25, 0.3) is 0 Å². The number of halogens is 2. The Morgan fingerprint density at radius 3 is 2.95 bits per heavy atom. The fourth-order valence-corrected chi connectivity index (χ4v) is 1.76. The van der Waals surface area contributed by atoms with Gasteiger partial charge in [0.2, 0.25) is 11.0 Å². The third kappa shape index (κ3) is 2.56. The molecule has 0 radical (unpaired) electrons. The van der Waals surface area contributed by atoms with Gasteiger partial charge in [-0.3, -0.25) is 9.36 Å². The molecule has 7 heteroatoms. The molecule has 2 aromatic rings. The van der Waals surface area contributed by atoms with E-state index in [2.05, 4.69) is 4.98 Å². The van der Waals surface area contributed by atoms with Gasteiger partial charge in [-0.1, -0.05) is 0 Å². The molecule has 0 amide bonds. The van der Waals surface area contributed by atoms with Gasteiger partial charge in [-0.05, 0) is 35.4 Å². The van der Waals surface area contributed by atoms with Crippen molar-refractivity contribution in [2.75, 3.05) is 0 Å². The van der Waals surface area contributed by atoms with E-state index < -0.39 is 17.1 Å². The first kappa shape index (κ1) is 13.1. The van der Waals surface area contributed by atoms with Crippen molar-refractivity contribution in [2.45, 2.75) is 6.54 Å². The fourth-order valence-electron chi connectivity index (χ4n) is 1.57. The minimum Gasteiger partial charge on any atom is -0.502 e. The molecule has 0 unspecified atom stereocenters. The first-order valence-corrected chi connectivity index (χ1v) is 5.53. The molecular weight excluding hydrogens is 273 g/mol. The van der Waals surface area contributed by atoms with Gasteiger partial charge in [0.15, 0.2) is 0 Å². The van der Waals surface area contributed by atoms with Gasteiger partial charge in [0.25, 0.3) is 5.56 Å². The van der Waals surface area contributed by atoms with E-state index in [-0.39, 0.29) is 23.0 Å². The van der Waals surface area contributed by atoms with Crippen LogP contribution < -0.4 is 5.56 Å². The van der Waals surface area contributed by atoms with Crippen molar-refractivity contribution < 1.29 is 9.50 Å². The van der Waals surface area contributed by atoms with E-state index in [0.717, 1.165) is 22.9 Å². The van der Waals surface area contributed by atoms with Gasteiger partial charge >= 0.3 is 0 Å². The van der Waals surface area contributed by atoms with E-state index in [0.29, 0.717) is 0 Å². The minimum atomic E-state index is -0.756. The molecule has 5 nitrogen and oxygen atoms in total. The highest BCUT2D eigenvalue weighted by molar-refractivity contribution is 6.28. The Bertz CT molecular complexity index is 737. The Morgan fingerprint density at radius 1 is 1.53 bits per heavy atom. The number of hydrogen-bond donors (Lipinski definition) is 1. The molecule has 1 aromatic heterocycles. The van der Waals surface area contributed by atoms with Gasteiger partial charge in [0.1, 0.15) is 5.82 Å². The van der Waals surface area contributed by atoms with Crippen LogP contribution >= 0.6 is 11.6 Å². The number of aromatic nitrogens is 2. The molecule has 2 rings (SSSR count). The first-order valence-electron chi connectivity index (χ1n) is 5.15. The van der Waals surface area contributed by atoms with Crippen LogP contribution in [0.5, 0.6) is 5.75 Å². The molecule has 0 aliphatic rings. The van der Waals surface area contributed by atoms with Crippen LogP contribution in [0.3, 0.4) is 0 Å². The van der Waals surface area contributed by atoms with Crippen LogP contribution in [-0.4, -0.2) is 14.7 Å². The second kappa shape index (κ2) is 5.08. The summed E-state index contributed by atoms with van der Waals surface area (Å²) in [5, 5.41) is 18.1. The van der Waals surface area contributed by atoms with Crippen molar-refractivity contribution >= 4 is 11.6 Å². The summed E-state index contributed by atoms with van der Waals surface area (Å²) in [5.74, 6) is -1.11. The van der Waals surface area contributed by atoms with Gasteiger partial charge in [-0.15, -0.1) is 0 Å². The summed E-state index contributed by atoms with van der Waals surface area (Å²) in [5.41, 5.74) is -0.264. The van der Waals surface area contributed by atoms with Crippen LogP contribution in [0.2, 0.25) is 5.28 Å². The maximum absolute atomic E-state index is 13.2. The Hall–Kier alpha value is -2.39. The number of hydrogen-bond acceptors (Lipinski definition) is 4. The van der Waals surface area contributed by atoms with E-state index in [1.165, 1.54) is 6.07 Å². The summed E-state index contributed by atoms with van der Waals surface area (Å²) < 4.78 is 14.1. The smallest absolute Gasteiger partial charge is 0.296 e. The Kier molecular flexibility index (Phi) is 3.49. The highest BCUT2D eigenvalue weighted by atomic mass is 35.5. The molecule has 0 aliphatic heterocycles. The van der Waals surface area contributed by atoms with Gasteiger partial charge in [0.05, 0.1) is 24.4 Å². The van der Waals surface area contributed by atoms with E-state index >= 15 is 0 Å². The highest BCUT2D eigenvalue weighted by Gasteiger charge is 2.11. The van der Waals surface area contributed by atoms with Crippen molar-refractivity contribution in [3.8, 4) is 11.8 Å². The molecule has 0 spiro atoms. The molecule has 19 heavy (non-hydrogen) atoms. The molecule has 0 bridgehead atoms. The number of nitrogens with zero attached hydrogens (tertiary/aromatic N) is 3. The predicted molar refractivity (Wildman–Crippen MR) is 65.4 cm³/mol. The number of benzene rings is 1. The van der Waals surface area contributed by atoms with Gasteiger partial charge in [0, 0.05) is 0 Å². The Morgan fingerprint density at radius 2 is 2.26 bits per heavy atom. The maximum Gasteiger partial charge on any atom is 0.296 e. The third-order valence-electron chi connectivity index (χ3n) is 2.50. The summed E-state index contributed by atoms with van der Waals surface area (Å²) in [7, 11) is 0. The van der Waals surface area contributed by atoms with Gasteiger partial charge in [-0.25, -0.2) is 9.37 Å². The fraction of sp³-hybridized carbons (Fsp3) is 0.0833. The molecule has 96 valence electrons. The van der Waals surface area contributed by atoms with Crippen LogP contribution in [0.15, 0.2) is 29.2 Å². The zero-order chi connectivity index (χ0) is 14.0. The summed E-state index contributed by atoms with van der Waals surface area (Å²) in [6.07, 6.45) is 0.929. The molecule has 0 saturated carbocycles. The largest absolute Gasteiger partial charge is 0.502 e. The van der Waals surface area contributed by atoms with Crippen LogP contribution in [0.1, 0.15) is 11.1 Å². The van der Waals surface area contributed by atoms with Gasteiger partial charge < -0.3 is 5.11 Å². The normalized spacial score (nSPS) is 10.2. The topological polar surface area (TPSA) is 78.9 Å². The van der Waals surface area contributed by atoms with Crippen molar-refractivity contribution in [3.05, 3.63) is 57.0 Å². The zero-order valence-electron chi connectivity index (χ0n) is 9.47. The summed E-state index contributed by atoms with van der Waals surface area (Å²) >= 11 is 5.75. The average Bonchev–Trinajstić information content (AvgIpc) is 2.39. The molecule has 1 aromatic carbocycles. The molecule has 1 N–H and O–H groups in total. The molecule has 0 atom stereocenters. The Labute approximate surface area is 112 Å². The number of nitriles is 1. The summed E-state index contributed by atoms with van der Waals surface area (Å²) in [4.78, 5) is 15.3. The van der Waals surface area contributed by atoms with Crippen molar-refractivity contribution in [2.24, 2.45) is 0 Å². The lowest BCUT2D eigenvalue weighted by Crippen LogP contribution is -2.22. The summed E-state index contributed by atoms with van der Waals surface area (Å²) in [6.45, 7) is -0.153. The lowest BCUT2D eigenvalue weighted by molar-refractivity contribution is 0.454. The SMILES string of the molecule is N#Cc1ccc(F)cc1Cn1c(Cl)ncc(O)c1=O. The highest BCUT2D eigenvalue weighted by Crippen LogP contribution is 2.14. The van der Waals surface area contributed by atoms with Gasteiger partial charge in [-0.2, -0.15) is 5.26 Å². The monoisotopic (exact) mass is 279 g/mol. The second-order valence-electron chi connectivity index (χ2n) is 3.72. The lowest BCUT2D eigenvalue weighted by Gasteiger charge is -2.09. The van der Waals surface area contributed by atoms with Crippen molar-refractivity contribution in [3.63, 3.8) is 0 Å². The van der Waals surface area contributed by atoms with E-state index in [1.807, 2.05) is 6.07 Å². The molecule has 0 saturated heterocycles. The van der Waals surface area contributed by atoms with E-state index in [1.54, 1.807) is 0 Å². The quantitative estimate of drug-likeness (QED) is 0.848. The molecular formula is C12H7ClFN3O2. The first-order chi connectivity index (χ1) is 9.02. The predicted octanol–water partition coefficient (Wildman–Crippen LogP) is 1.66. The molecule has 0 fully saturated rings. The number of rotatable bonds is 2. The van der Waals surface area contributed by atoms with Crippen LogP contribution in [-0.2, 0) is 6.54 Å². The number of aromatic hydroxyl groups is 1. The van der Waals surface area contributed by atoms with E-state index in [4.69, 9.17) is 16.9 Å². The Balaban J connectivity index is 2.54. The standard InChI is InChI=1S/C12H7ClFN3O2/c13-12-16-5-10(18)11(19)17(12)6-8-3-9(14)2-1-7(8)4-15/h1-3,5,18H,6H2. The van der Waals surface area contributed by atoms with Crippen molar-refractivity contribution in [1.29, 1.82) is 5.26 Å². The minimum absolute atomic E-state index is 0.153. The average molecular weight is 280 g/mol. The molecule has 0 aliphatic carbocycles.